The topological polar surface area (TPSA) is 51.4 Å². The van der Waals surface area contributed by atoms with Gasteiger partial charge in [-0.15, -0.1) is 0 Å². The Morgan fingerprint density at radius 3 is 1.89 bits per heavy atom. The molecule has 0 spiro atoms. The van der Waals surface area contributed by atoms with E-state index in [9.17, 15) is 4.79 Å². The summed E-state index contributed by atoms with van der Waals surface area (Å²) in [4.78, 5) is 22.6. The van der Waals surface area contributed by atoms with Crippen LogP contribution in [0.4, 0.5) is 0 Å². The molecule has 4 nitrogen and oxygen atoms in total. The van der Waals surface area contributed by atoms with E-state index in [0.717, 1.165) is 25.7 Å². The molecule has 1 heterocycles. The number of rotatable bonds is 6. The Hall–Kier alpha value is -0.610. The monoisotopic (exact) mass is 258 g/mol. The molecule has 0 bridgehead atoms. The normalized spacial score (nSPS) is 18.6. The molecule has 4 heteroatoms. The van der Waals surface area contributed by atoms with Crippen LogP contribution in [-0.4, -0.2) is 17.4 Å². The first kappa shape index (κ1) is 15.4. The lowest BCUT2D eigenvalue weighted by molar-refractivity contribution is -0.170. The zero-order chi connectivity index (χ0) is 14.0. The Balaban J connectivity index is 2.93. The molecule has 18 heavy (non-hydrogen) atoms. The Morgan fingerprint density at radius 2 is 1.61 bits per heavy atom. The molecule has 0 amide bonds. The van der Waals surface area contributed by atoms with Crippen LogP contribution in [0, 0.1) is 5.41 Å². The zero-order valence-electron chi connectivity index (χ0n) is 12.5. The van der Waals surface area contributed by atoms with Gasteiger partial charge in [0.25, 0.3) is 0 Å². The highest BCUT2D eigenvalue weighted by molar-refractivity contribution is 5.80. The molecule has 0 radical (unpaired) electrons. The summed E-state index contributed by atoms with van der Waals surface area (Å²) >= 11 is 0. The van der Waals surface area contributed by atoms with E-state index in [-0.39, 0.29) is 5.41 Å². The number of carbonyl (C=O) groups is 1. The lowest BCUT2D eigenvalue weighted by atomic mass is 9.72. The van der Waals surface area contributed by atoms with Crippen LogP contribution in [0.3, 0.4) is 0 Å². The molecule has 0 aliphatic carbocycles. The van der Waals surface area contributed by atoms with Gasteiger partial charge in [-0.25, -0.2) is 4.79 Å². The average molecular weight is 258 g/mol. The summed E-state index contributed by atoms with van der Waals surface area (Å²) in [5.41, 5.74) is -0.817. The van der Waals surface area contributed by atoms with Gasteiger partial charge in [0.05, 0.1) is 0 Å². The average Bonchev–Trinajstić information content (AvgIpc) is 3.05. The van der Waals surface area contributed by atoms with Crippen molar-refractivity contribution in [1.29, 1.82) is 0 Å². The summed E-state index contributed by atoms with van der Waals surface area (Å²) in [7, 11) is 0. The van der Waals surface area contributed by atoms with Gasteiger partial charge >= 0.3 is 11.8 Å². The minimum Gasteiger partial charge on any atom is -0.456 e. The number of carbonyl (C=O) groups excluding carboxylic acids is 1. The smallest absolute Gasteiger partial charge is 0.373 e. The first-order chi connectivity index (χ1) is 8.27. The molecule has 0 aromatic rings. The molecule has 0 aromatic heterocycles. The quantitative estimate of drug-likeness (QED) is 0.415. The van der Waals surface area contributed by atoms with Gasteiger partial charge in [-0.3, -0.25) is 0 Å². The summed E-state index contributed by atoms with van der Waals surface area (Å²) in [6.45, 7) is 11.8. The van der Waals surface area contributed by atoms with Gasteiger partial charge < -0.3 is 4.74 Å². The Morgan fingerprint density at radius 1 is 1.11 bits per heavy atom. The standard InChI is InChI=1S/C14H26O4/c1-7-10-13(8-2,9-3)14(17-18-14)11(15)16-12(4,5)6/h7-10H2,1-6H3. The maximum atomic E-state index is 12.3. The van der Waals surface area contributed by atoms with Crippen molar-refractivity contribution in [3.05, 3.63) is 0 Å². The number of hydrogen-bond acceptors (Lipinski definition) is 4. The fourth-order valence-electron chi connectivity index (χ4n) is 2.56. The predicted molar refractivity (Wildman–Crippen MR) is 68.7 cm³/mol. The first-order valence-corrected chi connectivity index (χ1v) is 6.87. The fraction of sp³-hybridized carbons (Fsp3) is 0.929. The molecule has 1 fully saturated rings. The third-order valence-corrected chi connectivity index (χ3v) is 3.70. The molecule has 106 valence electrons. The van der Waals surface area contributed by atoms with E-state index in [1.54, 1.807) is 0 Å². The van der Waals surface area contributed by atoms with Crippen molar-refractivity contribution in [2.75, 3.05) is 0 Å². The summed E-state index contributed by atoms with van der Waals surface area (Å²) in [5.74, 6) is -1.58. The molecular formula is C14H26O4. The van der Waals surface area contributed by atoms with Crippen molar-refractivity contribution < 1.29 is 19.3 Å². The molecule has 0 aromatic carbocycles. The van der Waals surface area contributed by atoms with Gasteiger partial charge in [0, 0.05) is 5.41 Å². The lowest BCUT2D eigenvalue weighted by Crippen LogP contribution is -2.46. The summed E-state index contributed by atoms with van der Waals surface area (Å²) < 4.78 is 5.43. The highest BCUT2D eigenvalue weighted by atomic mass is 17.4. The third-order valence-electron chi connectivity index (χ3n) is 3.70. The van der Waals surface area contributed by atoms with Gasteiger partial charge in [-0.05, 0) is 40.0 Å². The van der Waals surface area contributed by atoms with Crippen molar-refractivity contribution >= 4 is 5.97 Å². The summed E-state index contributed by atoms with van der Waals surface area (Å²) in [6.07, 6.45) is 3.53. The van der Waals surface area contributed by atoms with Crippen LogP contribution in [0.15, 0.2) is 0 Å². The van der Waals surface area contributed by atoms with Gasteiger partial charge in [-0.2, -0.15) is 9.78 Å². The van der Waals surface area contributed by atoms with E-state index in [1.165, 1.54) is 0 Å². The van der Waals surface area contributed by atoms with Crippen molar-refractivity contribution in [3.8, 4) is 0 Å². The highest BCUT2D eigenvalue weighted by Crippen LogP contribution is 2.54. The zero-order valence-corrected chi connectivity index (χ0v) is 12.5. The first-order valence-electron chi connectivity index (χ1n) is 6.87. The second kappa shape index (κ2) is 5.17. The Bertz CT molecular complexity index is 295. The second-order valence-corrected chi connectivity index (χ2v) is 6.02. The van der Waals surface area contributed by atoms with E-state index in [0.29, 0.717) is 0 Å². The fourth-order valence-corrected chi connectivity index (χ4v) is 2.56. The predicted octanol–water partition coefficient (Wildman–Crippen LogP) is 3.59. The van der Waals surface area contributed by atoms with E-state index in [1.807, 2.05) is 20.8 Å². The molecule has 1 rings (SSSR count). The molecule has 0 unspecified atom stereocenters. The van der Waals surface area contributed by atoms with Crippen LogP contribution in [0.2, 0.25) is 0 Å². The van der Waals surface area contributed by atoms with Gasteiger partial charge in [0.15, 0.2) is 0 Å². The van der Waals surface area contributed by atoms with E-state index < -0.39 is 17.4 Å². The van der Waals surface area contributed by atoms with Crippen LogP contribution in [0.5, 0.6) is 0 Å². The molecule has 0 atom stereocenters. The van der Waals surface area contributed by atoms with Crippen LogP contribution < -0.4 is 0 Å². The van der Waals surface area contributed by atoms with E-state index in [4.69, 9.17) is 14.5 Å². The lowest BCUT2D eigenvalue weighted by Gasteiger charge is -2.34. The number of esters is 1. The van der Waals surface area contributed by atoms with Gasteiger partial charge in [0.1, 0.15) is 5.60 Å². The largest absolute Gasteiger partial charge is 0.456 e. The van der Waals surface area contributed by atoms with Gasteiger partial charge in [-0.1, -0.05) is 27.2 Å². The van der Waals surface area contributed by atoms with E-state index >= 15 is 0 Å². The molecule has 0 saturated carbocycles. The van der Waals surface area contributed by atoms with Crippen LogP contribution in [0.25, 0.3) is 0 Å². The number of ether oxygens (including phenoxy) is 1. The SMILES string of the molecule is CCCC(CC)(CC)C1(C(=O)OC(C)(C)C)OO1. The molecule has 1 aliphatic rings. The summed E-state index contributed by atoms with van der Waals surface area (Å²) in [6, 6.07) is 0. The van der Waals surface area contributed by atoms with Crippen molar-refractivity contribution in [1.82, 2.24) is 0 Å². The van der Waals surface area contributed by atoms with Crippen LogP contribution in [0.1, 0.15) is 67.2 Å². The molecule has 1 saturated heterocycles. The van der Waals surface area contributed by atoms with E-state index in [2.05, 4.69) is 20.8 Å². The molecule has 0 N–H and O–H groups in total. The van der Waals surface area contributed by atoms with Crippen molar-refractivity contribution in [2.24, 2.45) is 5.41 Å². The van der Waals surface area contributed by atoms with Gasteiger partial charge in [0.2, 0.25) is 0 Å². The van der Waals surface area contributed by atoms with Crippen LogP contribution >= 0.6 is 0 Å². The van der Waals surface area contributed by atoms with Crippen molar-refractivity contribution in [2.45, 2.75) is 78.6 Å². The Kier molecular flexibility index (Phi) is 4.44. The maximum Gasteiger partial charge on any atom is 0.373 e. The Labute approximate surface area is 110 Å². The number of hydrogen-bond donors (Lipinski definition) is 0. The minimum absolute atomic E-state index is 0.288. The third kappa shape index (κ3) is 2.69. The van der Waals surface area contributed by atoms with Crippen molar-refractivity contribution in [3.63, 3.8) is 0 Å². The highest BCUT2D eigenvalue weighted by Gasteiger charge is 2.70. The summed E-state index contributed by atoms with van der Waals surface area (Å²) in [5, 5.41) is 0. The van der Waals surface area contributed by atoms with Crippen LogP contribution in [-0.2, 0) is 19.3 Å². The minimum atomic E-state index is -1.18. The second-order valence-electron chi connectivity index (χ2n) is 6.02. The molecule has 1 aliphatic heterocycles. The maximum absolute atomic E-state index is 12.3. The molecular weight excluding hydrogens is 232 g/mol.